The molecule has 96 valence electrons. The first-order valence-electron chi connectivity index (χ1n) is 0.548. The van der Waals surface area contributed by atoms with Crippen LogP contribution in [0.5, 0.6) is 0 Å². The van der Waals surface area contributed by atoms with Crippen LogP contribution in [0.1, 0.15) is 0 Å². The maximum absolute atomic E-state index is 8.25. The van der Waals surface area contributed by atoms with Crippen molar-refractivity contribution in [1.82, 2.24) is 0 Å². The molecule has 0 aromatic carbocycles. The summed E-state index contributed by atoms with van der Waals surface area (Å²) in [5.41, 5.74) is 0. The van der Waals surface area contributed by atoms with Gasteiger partial charge in [0.15, 0.2) is 0 Å². The fraction of sp³-hybridized carbons (Fsp3) is 0. The van der Waals surface area contributed by atoms with Gasteiger partial charge in [0, 0.05) is 0 Å². The number of hydrogen-bond donors (Lipinski definition) is 0. The van der Waals surface area contributed by atoms with Gasteiger partial charge in [-0.3, -0.25) is 0 Å². The molecule has 0 atom stereocenters. The predicted molar refractivity (Wildman–Crippen MR) is 48.6 cm³/mol. The molecule has 0 spiro atoms. The third kappa shape index (κ3) is 4590. The Balaban J connectivity index is -0.000000001000. The van der Waals surface area contributed by atoms with Crippen molar-refractivity contribution in [2.75, 3.05) is 0 Å². The molecule has 0 unspecified atom stereocenters. The van der Waals surface area contributed by atoms with Gasteiger partial charge in [-0.1, -0.05) is 0 Å². The Labute approximate surface area is 90.3 Å². The Bertz CT molecular complexity index is 33.3. The number of rotatable bonds is 0. The monoisotopic (exact) mass is 293 g/mol. The second-order valence-electron chi connectivity index (χ2n) is 0.224. The summed E-state index contributed by atoms with van der Waals surface area (Å²) >= 11 is 0. The molecule has 0 aliphatic carbocycles. The van der Waals surface area contributed by atoms with E-state index in [1.54, 1.807) is 0 Å². The second kappa shape index (κ2) is 268. The summed E-state index contributed by atoms with van der Waals surface area (Å²) < 4.78 is 0. The summed E-state index contributed by atoms with van der Waals surface area (Å²) in [5.74, 6) is 0. The van der Waals surface area contributed by atoms with Crippen LogP contribution in [0.3, 0.4) is 0 Å². The van der Waals surface area contributed by atoms with Gasteiger partial charge in [0.1, 0.15) is 0 Å². The molecule has 14 heavy (non-hydrogen) atoms. The van der Waals surface area contributed by atoms with E-state index < -0.39 is 5.09 Å². The predicted octanol–water partition coefficient (Wildman–Crippen LogP) is -8.04. The molecular formula is H18GaNO12+2. The Morgan fingerprint density at radius 1 is 0.571 bits per heavy atom. The largest absolute Gasteiger partial charge is 3.00 e. The van der Waals surface area contributed by atoms with E-state index in [-0.39, 0.29) is 69.1 Å². The molecule has 0 fully saturated rings. The van der Waals surface area contributed by atoms with E-state index in [1.807, 2.05) is 0 Å². The van der Waals surface area contributed by atoms with Crippen molar-refractivity contribution in [2.24, 2.45) is 0 Å². The Morgan fingerprint density at radius 2 is 0.571 bits per heavy atom. The van der Waals surface area contributed by atoms with E-state index in [9.17, 15) is 0 Å². The molecule has 0 rings (SSSR count). The van der Waals surface area contributed by atoms with Gasteiger partial charge < -0.3 is 64.6 Å². The van der Waals surface area contributed by atoms with Gasteiger partial charge >= 0.3 is 19.8 Å². The normalized spacial score (nSPS) is 1.71. The molecule has 13 nitrogen and oxygen atoms in total. The van der Waals surface area contributed by atoms with Crippen molar-refractivity contribution in [3.8, 4) is 0 Å². The molecule has 0 bridgehead atoms. The van der Waals surface area contributed by atoms with Crippen LogP contribution < -0.4 is 0 Å². The van der Waals surface area contributed by atoms with Crippen molar-refractivity contribution in [3.63, 3.8) is 0 Å². The van der Waals surface area contributed by atoms with Crippen LogP contribution in [0.15, 0.2) is 0 Å². The minimum absolute atomic E-state index is 0. The maximum atomic E-state index is 8.25. The molecule has 0 aliphatic rings. The Kier molecular flexibility index (Phi) is 6550. The van der Waals surface area contributed by atoms with E-state index in [4.69, 9.17) is 15.3 Å². The molecule has 0 aromatic heterocycles. The summed E-state index contributed by atoms with van der Waals surface area (Å²) in [6.07, 6.45) is 0. The summed E-state index contributed by atoms with van der Waals surface area (Å²) in [6, 6.07) is 0. The second-order valence-corrected chi connectivity index (χ2v) is 0.224. The van der Waals surface area contributed by atoms with Gasteiger partial charge in [0.2, 0.25) is 0 Å². The van der Waals surface area contributed by atoms with Gasteiger partial charge in [-0.25, -0.2) is 0 Å². The molecule has 0 aliphatic heterocycles. The molecule has 0 saturated heterocycles. The van der Waals surface area contributed by atoms with Crippen LogP contribution in [0.25, 0.3) is 0 Å². The first kappa shape index (κ1) is 342. The van der Waals surface area contributed by atoms with Crippen LogP contribution in [-0.2, 0) is 0 Å². The van der Waals surface area contributed by atoms with Crippen molar-refractivity contribution in [3.05, 3.63) is 15.3 Å². The summed E-state index contributed by atoms with van der Waals surface area (Å²) in [5, 5.41) is 14.8. The average molecular weight is 294 g/mol. The first-order chi connectivity index (χ1) is 1.73. The van der Waals surface area contributed by atoms with Crippen LogP contribution in [-0.4, -0.2) is 74.2 Å². The van der Waals surface area contributed by atoms with Gasteiger partial charge in [0.25, 0.3) is 0 Å². The fourth-order valence-electron chi connectivity index (χ4n) is 0. The van der Waals surface area contributed by atoms with Crippen molar-refractivity contribution in [2.45, 2.75) is 0 Å². The molecule has 14 heteroatoms. The topological polar surface area (TPSA) is 350 Å². The molecule has 0 aromatic rings. The van der Waals surface area contributed by atoms with E-state index in [0.29, 0.717) is 0 Å². The Morgan fingerprint density at radius 3 is 0.571 bits per heavy atom. The van der Waals surface area contributed by atoms with Gasteiger partial charge in [-0.2, -0.15) is 0 Å². The zero-order valence-corrected chi connectivity index (χ0v) is 9.17. The fourth-order valence-corrected chi connectivity index (χ4v) is 0. The van der Waals surface area contributed by atoms with Crippen molar-refractivity contribution >= 4 is 19.8 Å². The summed E-state index contributed by atoms with van der Waals surface area (Å²) in [4.78, 5) is 8.25. The van der Waals surface area contributed by atoms with Crippen LogP contribution in [0.4, 0.5) is 0 Å². The first-order valence-corrected chi connectivity index (χ1v) is 0.548. The summed E-state index contributed by atoms with van der Waals surface area (Å²) in [6.45, 7) is 0. The maximum Gasteiger partial charge on any atom is 3.00 e. The van der Waals surface area contributed by atoms with Crippen molar-refractivity contribution in [1.29, 1.82) is 0 Å². The molecule has 18 N–H and O–H groups in total. The molecule has 0 amide bonds. The van der Waals surface area contributed by atoms with Crippen LogP contribution >= 0.6 is 0 Å². The number of nitrogens with zero attached hydrogens (tertiary/aromatic N) is 1. The quantitative estimate of drug-likeness (QED) is 0.238. The summed E-state index contributed by atoms with van der Waals surface area (Å²) in [7, 11) is 0. The van der Waals surface area contributed by atoms with Gasteiger partial charge in [-0.05, 0) is 0 Å². The van der Waals surface area contributed by atoms with Gasteiger partial charge in [-0.15, -0.1) is 0 Å². The third-order valence-corrected chi connectivity index (χ3v) is 0. The smallest absolute Gasteiger partial charge is 0.412 e. The van der Waals surface area contributed by atoms with E-state index in [0.717, 1.165) is 0 Å². The van der Waals surface area contributed by atoms with Crippen LogP contribution in [0.2, 0.25) is 0 Å². The minimum atomic E-state index is -1.75. The molecular weight excluding hydrogens is 276 g/mol. The number of hydrogen-bond acceptors (Lipinski definition) is 3. The minimum Gasteiger partial charge on any atom is -0.412 e. The van der Waals surface area contributed by atoms with E-state index in [2.05, 4.69) is 0 Å². The van der Waals surface area contributed by atoms with E-state index in [1.165, 1.54) is 0 Å². The van der Waals surface area contributed by atoms with Crippen molar-refractivity contribution < 1.29 is 54.4 Å². The van der Waals surface area contributed by atoms with E-state index >= 15 is 0 Å². The Hall–Kier alpha value is -0.524. The van der Waals surface area contributed by atoms with Gasteiger partial charge in [0.05, 0.1) is 5.09 Å². The molecule has 0 radical (unpaired) electrons. The van der Waals surface area contributed by atoms with Crippen LogP contribution in [0, 0.1) is 15.3 Å². The molecule has 0 heterocycles. The zero-order chi connectivity index (χ0) is 3.58. The zero-order valence-electron chi connectivity index (χ0n) is 6.75. The molecule has 0 saturated carbocycles. The average Bonchev–Trinajstić information content (AvgIpc) is 0.811. The standard InChI is InChI=1S/Ga.NO3.9H2O/c;2-1(3)4;;;;;;;;;/h;;9*1H2/q+3;-1;;;;;;;;;. The SMILES string of the molecule is O.O.O.O.O.O.O.O.O.O=[N+]([O-])[O-].[Ga+3]. The third-order valence-electron chi connectivity index (χ3n) is 0.